The summed E-state index contributed by atoms with van der Waals surface area (Å²) in [5, 5.41) is 11.4. The second-order valence-corrected chi connectivity index (χ2v) is 13.1. The van der Waals surface area contributed by atoms with Gasteiger partial charge in [0, 0.05) is 53.9 Å². The Morgan fingerprint density at radius 2 is 1.71 bits per heavy atom. The molecule has 0 spiro atoms. The largest absolute Gasteiger partial charge is 0.507 e. The fourth-order valence-electron chi connectivity index (χ4n) is 8.44. The Labute approximate surface area is 263 Å². The van der Waals surface area contributed by atoms with E-state index in [0.29, 0.717) is 40.7 Å². The highest BCUT2D eigenvalue weighted by atomic mass is 16.3. The fourth-order valence-corrected chi connectivity index (χ4v) is 8.44. The van der Waals surface area contributed by atoms with E-state index in [1.807, 2.05) is 36.4 Å². The number of carbonyl (C=O) groups excluding carboxylic acids is 4. The van der Waals surface area contributed by atoms with Gasteiger partial charge in [0.1, 0.15) is 5.75 Å². The lowest BCUT2D eigenvalue weighted by Gasteiger charge is -2.42. The molecule has 2 aliphatic heterocycles. The standard InChI is InChI=1S/C38H38N2O5/c1-3-8-24-11-7-12-27(36(24)43)32-26-13-14-28-33(29(26)20-30-31(41)19-22(2)35(42)34(30)32)38(45)40(37(28)44)25-15-17-39(18-16-25)21-23-9-5-4-6-10-23/h3-7,9-13,19,25,28-29,32-33,43H,1,8,14-18,20-21H2,2H3/t28-,29+,32+,33-/m0/s1. The van der Waals surface area contributed by atoms with Crippen LogP contribution in [0.25, 0.3) is 0 Å². The van der Waals surface area contributed by atoms with Gasteiger partial charge in [-0.2, -0.15) is 0 Å². The van der Waals surface area contributed by atoms with E-state index < -0.39 is 23.7 Å². The van der Waals surface area contributed by atoms with Crippen molar-refractivity contribution in [3.05, 3.63) is 112 Å². The van der Waals surface area contributed by atoms with Gasteiger partial charge in [-0.25, -0.2) is 0 Å². The molecule has 0 aromatic heterocycles. The van der Waals surface area contributed by atoms with Crippen molar-refractivity contribution in [3.63, 3.8) is 0 Å². The van der Waals surface area contributed by atoms with Crippen molar-refractivity contribution < 1.29 is 24.3 Å². The average molecular weight is 603 g/mol. The molecule has 1 N–H and O–H groups in total. The molecule has 3 aliphatic carbocycles. The van der Waals surface area contributed by atoms with Crippen LogP contribution in [0, 0.1) is 17.8 Å². The van der Waals surface area contributed by atoms with Crippen LogP contribution in [0.5, 0.6) is 5.75 Å². The quantitative estimate of drug-likeness (QED) is 0.277. The molecule has 0 radical (unpaired) electrons. The Balaban J connectivity index is 1.20. The summed E-state index contributed by atoms with van der Waals surface area (Å²) in [4.78, 5) is 59.3. The molecular weight excluding hydrogens is 564 g/mol. The zero-order valence-corrected chi connectivity index (χ0v) is 25.6. The number of aromatic hydroxyl groups is 1. The number of amides is 2. The monoisotopic (exact) mass is 602 g/mol. The van der Waals surface area contributed by atoms with E-state index in [1.165, 1.54) is 11.6 Å². The highest BCUT2D eigenvalue weighted by molar-refractivity contribution is 6.24. The van der Waals surface area contributed by atoms with Crippen molar-refractivity contribution in [3.8, 4) is 5.75 Å². The van der Waals surface area contributed by atoms with E-state index in [-0.39, 0.29) is 41.6 Å². The molecule has 2 saturated heterocycles. The minimum atomic E-state index is -0.664. The maximum Gasteiger partial charge on any atom is 0.233 e. The first-order chi connectivity index (χ1) is 21.8. The summed E-state index contributed by atoms with van der Waals surface area (Å²) in [6.45, 7) is 7.91. The maximum atomic E-state index is 14.3. The Kier molecular flexibility index (Phi) is 7.52. The van der Waals surface area contributed by atoms with Crippen LogP contribution in [0.2, 0.25) is 0 Å². The van der Waals surface area contributed by atoms with Crippen LogP contribution in [0.1, 0.15) is 55.2 Å². The topological polar surface area (TPSA) is 95.0 Å². The number of fused-ring (bicyclic) bond motifs is 3. The van der Waals surface area contributed by atoms with Gasteiger partial charge in [0.2, 0.25) is 11.8 Å². The van der Waals surface area contributed by atoms with Gasteiger partial charge in [-0.3, -0.25) is 29.0 Å². The molecule has 230 valence electrons. The van der Waals surface area contributed by atoms with E-state index in [9.17, 15) is 24.3 Å². The van der Waals surface area contributed by atoms with Crippen molar-refractivity contribution in [1.82, 2.24) is 9.80 Å². The number of phenols is 1. The van der Waals surface area contributed by atoms with Crippen LogP contribution in [0.15, 0.2) is 95.6 Å². The highest BCUT2D eigenvalue weighted by Crippen LogP contribution is 2.56. The molecule has 4 atom stereocenters. The third-order valence-corrected chi connectivity index (χ3v) is 10.6. The molecule has 0 unspecified atom stereocenters. The lowest BCUT2D eigenvalue weighted by atomic mass is 9.59. The molecule has 0 bridgehead atoms. The van der Waals surface area contributed by atoms with Crippen LogP contribution < -0.4 is 0 Å². The van der Waals surface area contributed by atoms with E-state index in [0.717, 1.165) is 38.0 Å². The van der Waals surface area contributed by atoms with Gasteiger partial charge in [0.25, 0.3) is 0 Å². The van der Waals surface area contributed by atoms with Crippen LogP contribution in [0.3, 0.4) is 0 Å². The van der Waals surface area contributed by atoms with Crippen molar-refractivity contribution in [2.75, 3.05) is 13.1 Å². The highest BCUT2D eigenvalue weighted by Gasteiger charge is 2.57. The lowest BCUT2D eigenvalue weighted by molar-refractivity contribution is -0.144. The van der Waals surface area contributed by atoms with Crippen molar-refractivity contribution in [2.24, 2.45) is 17.8 Å². The molecule has 2 fully saturated rings. The van der Waals surface area contributed by atoms with Crippen LogP contribution in [0.4, 0.5) is 0 Å². The fraction of sp³-hybridized carbons (Fsp3) is 0.368. The Morgan fingerprint density at radius 3 is 2.44 bits per heavy atom. The molecule has 7 nitrogen and oxygen atoms in total. The SMILES string of the molecule is C=CCc1cccc([C@H]2C3=CC[C@@H]4C(=O)N(C5CCN(Cc6ccccc6)CC5)C(=O)[C@@H]4[C@@H]3CC3=C2C(=O)C(C)=CC3=O)c1O. The van der Waals surface area contributed by atoms with Gasteiger partial charge in [-0.05, 0) is 62.1 Å². The minimum Gasteiger partial charge on any atom is -0.507 e. The Morgan fingerprint density at radius 1 is 0.956 bits per heavy atom. The predicted molar refractivity (Wildman–Crippen MR) is 170 cm³/mol. The number of hydrogen-bond acceptors (Lipinski definition) is 6. The number of Topliss-reactive ketones (excluding diaryl/α,β-unsaturated/α-hetero) is 1. The summed E-state index contributed by atoms with van der Waals surface area (Å²) < 4.78 is 0. The molecule has 5 aliphatic rings. The number of rotatable bonds is 6. The third-order valence-electron chi connectivity index (χ3n) is 10.6. The van der Waals surface area contributed by atoms with E-state index in [2.05, 4.69) is 23.6 Å². The summed E-state index contributed by atoms with van der Waals surface area (Å²) in [5.41, 5.74) is 4.50. The number of nitrogens with zero attached hydrogens (tertiary/aromatic N) is 2. The molecule has 2 aromatic carbocycles. The van der Waals surface area contributed by atoms with Crippen LogP contribution >= 0.6 is 0 Å². The van der Waals surface area contributed by atoms with Gasteiger partial charge in [0.15, 0.2) is 11.6 Å². The molecule has 2 amide bonds. The first-order valence-electron chi connectivity index (χ1n) is 16.0. The van der Waals surface area contributed by atoms with Crippen molar-refractivity contribution in [2.45, 2.75) is 57.5 Å². The van der Waals surface area contributed by atoms with Gasteiger partial charge >= 0.3 is 0 Å². The lowest BCUT2D eigenvalue weighted by Crippen LogP contribution is -2.47. The zero-order valence-electron chi connectivity index (χ0n) is 25.6. The number of hydrogen-bond donors (Lipinski definition) is 1. The summed E-state index contributed by atoms with van der Waals surface area (Å²) in [6.07, 6.45) is 7.66. The first kappa shape index (κ1) is 29.4. The second-order valence-electron chi connectivity index (χ2n) is 13.1. The van der Waals surface area contributed by atoms with Gasteiger partial charge in [-0.15, -0.1) is 6.58 Å². The molecular formula is C38H38N2O5. The van der Waals surface area contributed by atoms with Crippen molar-refractivity contribution >= 4 is 23.4 Å². The first-order valence-corrected chi connectivity index (χ1v) is 16.0. The normalized spacial score (nSPS) is 27.2. The molecule has 2 aromatic rings. The van der Waals surface area contributed by atoms with E-state index >= 15 is 0 Å². The number of carbonyl (C=O) groups is 4. The minimum absolute atomic E-state index is 0.0723. The summed E-state index contributed by atoms with van der Waals surface area (Å²) in [5.74, 6) is -2.78. The van der Waals surface area contributed by atoms with Gasteiger partial charge in [-0.1, -0.05) is 66.3 Å². The van der Waals surface area contributed by atoms with E-state index in [4.69, 9.17) is 0 Å². The van der Waals surface area contributed by atoms with Crippen molar-refractivity contribution in [1.29, 1.82) is 0 Å². The maximum absolute atomic E-state index is 14.3. The van der Waals surface area contributed by atoms with E-state index in [1.54, 1.807) is 24.0 Å². The second kappa shape index (κ2) is 11.5. The number of likely N-dealkylation sites (tertiary alicyclic amines) is 2. The average Bonchev–Trinajstić information content (AvgIpc) is 3.30. The summed E-state index contributed by atoms with van der Waals surface area (Å²) in [7, 11) is 0. The molecule has 7 heteroatoms. The molecule has 0 saturated carbocycles. The number of allylic oxidation sites excluding steroid dienone is 7. The van der Waals surface area contributed by atoms with Gasteiger partial charge < -0.3 is 5.11 Å². The van der Waals surface area contributed by atoms with Crippen LogP contribution in [-0.4, -0.2) is 57.4 Å². The number of phenolic OH excluding ortho intramolecular Hbond substituents is 1. The number of benzene rings is 2. The number of imide groups is 1. The third kappa shape index (κ3) is 4.85. The molecule has 45 heavy (non-hydrogen) atoms. The smallest absolute Gasteiger partial charge is 0.233 e. The summed E-state index contributed by atoms with van der Waals surface area (Å²) >= 11 is 0. The van der Waals surface area contributed by atoms with Crippen LogP contribution in [-0.2, 0) is 32.1 Å². The number of ketones is 2. The zero-order chi connectivity index (χ0) is 31.4. The Hall–Kier alpha value is -4.36. The van der Waals surface area contributed by atoms with Gasteiger partial charge in [0.05, 0.1) is 11.8 Å². The predicted octanol–water partition coefficient (Wildman–Crippen LogP) is 5.21. The number of piperidine rings is 1. The molecule has 7 rings (SSSR count). The Bertz CT molecular complexity index is 1710. The molecule has 2 heterocycles. The summed E-state index contributed by atoms with van der Waals surface area (Å²) in [6, 6.07) is 15.6. The number of para-hydroxylation sites is 1.